The Morgan fingerprint density at radius 3 is 2.52 bits per heavy atom. The van der Waals surface area contributed by atoms with Crippen LogP contribution in [-0.2, 0) is 11.2 Å². The molecular formula is C23H25N3O3. The summed E-state index contributed by atoms with van der Waals surface area (Å²) in [6, 6.07) is 17.7. The summed E-state index contributed by atoms with van der Waals surface area (Å²) >= 11 is 0. The number of nitrogens with one attached hydrogen (secondary N) is 1. The van der Waals surface area contributed by atoms with Crippen molar-refractivity contribution in [2.75, 3.05) is 38.2 Å². The molecule has 0 bridgehead atoms. The maximum atomic E-state index is 12.7. The molecule has 2 heterocycles. The SMILES string of the molecule is COc1ccc2cc(CCC(=O)N3CCN(c4ccccc4)CC3)c(=O)[nH]c2c1. The minimum absolute atomic E-state index is 0.104. The maximum Gasteiger partial charge on any atom is 0.251 e. The predicted molar refractivity (Wildman–Crippen MR) is 115 cm³/mol. The Morgan fingerprint density at radius 2 is 1.79 bits per heavy atom. The monoisotopic (exact) mass is 391 g/mol. The van der Waals surface area contributed by atoms with Crippen LogP contribution in [0.5, 0.6) is 5.75 Å². The number of H-pyrrole nitrogens is 1. The van der Waals surface area contributed by atoms with E-state index in [1.807, 2.05) is 41.3 Å². The van der Waals surface area contributed by atoms with E-state index >= 15 is 0 Å². The number of anilines is 1. The van der Waals surface area contributed by atoms with Crippen molar-refractivity contribution in [2.45, 2.75) is 12.8 Å². The molecule has 0 unspecified atom stereocenters. The van der Waals surface area contributed by atoms with Crippen molar-refractivity contribution in [2.24, 2.45) is 0 Å². The first-order valence-electron chi connectivity index (χ1n) is 9.92. The highest BCUT2D eigenvalue weighted by Crippen LogP contribution is 2.19. The maximum absolute atomic E-state index is 12.7. The number of para-hydroxylation sites is 1. The van der Waals surface area contributed by atoms with Crippen molar-refractivity contribution in [1.82, 2.24) is 9.88 Å². The first-order valence-corrected chi connectivity index (χ1v) is 9.92. The number of hydrogen-bond acceptors (Lipinski definition) is 4. The van der Waals surface area contributed by atoms with Crippen LogP contribution < -0.4 is 15.2 Å². The lowest BCUT2D eigenvalue weighted by atomic mass is 10.1. The third-order valence-corrected chi connectivity index (χ3v) is 5.49. The molecule has 4 rings (SSSR count). The number of nitrogens with zero attached hydrogens (tertiary/aromatic N) is 2. The average molecular weight is 391 g/mol. The van der Waals surface area contributed by atoms with Gasteiger partial charge in [-0.3, -0.25) is 9.59 Å². The summed E-state index contributed by atoms with van der Waals surface area (Å²) in [4.78, 5) is 32.1. The number of amides is 1. The largest absolute Gasteiger partial charge is 0.497 e. The van der Waals surface area contributed by atoms with Gasteiger partial charge in [-0.15, -0.1) is 0 Å². The van der Waals surface area contributed by atoms with E-state index in [4.69, 9.17) is 4.74 Å². The van der Waals surface area contributed by atoms with Gasteiger partial charge in [0.1, 0.15) is 5.75 Å². The molecule has 1 aliphatic rings. The number of aromatic nitrogens is 1. The van der Waals surface area contributed by atoms with E-state index < -0.39 is 0 Å². The van der Waals surface area contributed by atoms with Crippen LogP contribution in [0.15, 0.2) is 59.4 Å². The second-order valence-electron chi connectivity index (χ2n) is 7.28. The first kappa shape index (κ1) is 19.1. The lowest BCUT2D eigenvalue weighted by molar-refractivity contribution is -0.131. The van der Waals surface area contributed by atoms with Gasteiger partial charge in [0, 0.05) is 49.9 Å². The zero-order valence-corrected chi connectivity index (χ0v) is 16.6. The summed E-state index contributed by atoms with van der Waals surface area (Å²) in [5.74, 6) is 0.803. The van der Waals surface area contributed by atoms with Gasteiger partial charge in [0.05, 0.1) is 12.6 Å². The molecule has 1 saturated heterocycles. The van der Waals surface area contributed by atoms with Gasteiger partial charge in [-0.25, -0.2) is 0 Å². The minimum Gasteiger partial charge on any atom is -0.497 e. The number of rotatable bonds is 5. The van der Waals surface area contributed by atoms with Crippen molar-refractivity contribution in [3.8, 4) is 5.75 Å². The second-order valence-corrected chi connectivity index (χ2v) is 7.28. The smallest absolute Gasteiger partial charge is 0.251 e. The third kappa shape index (κ3) is 4.26. The van der Waals surface area contributed by atoms with Crippen LogP contribution in [-0.4, -0.2) is 49.1 Å². The van der Waals surface area contributed by atoms with E-state index in [1.54, 1.807) is 13.2 Å². The lowest BCUT2D eigenvalue weighted by Crippen LogP contribution is -2.48. The summed E-state index contributed by atoms with van der Waals surface area (Å²) in [5, 5.41) is 0.935. The number of carbonyl (C=O) groups is 1. The Kier molecular flexibility index (Phi) is 5.51. The number of aryl methyl sites for hydroxylation is 1. The first-order chi connectivity index (χ1) is 14.1. The Bertz CT molecular complexity index is 1050. The van der Waals surface area contributed by atoms with Gasteiger partial charge in [0.25, 0.3) is 5.56 Å². The molecule has 2 aromatic carbocycles. The number of benzene rings is 2. The summed E-state index contributed by atoms with van der Waals surface area (Å²) in [6.45, 7) is 3.07. The number of piperazine rings is 1. The molecule has 1 amide bonds. The number of pyridine rings is 1. The fourth-order valence-corrected chi connectivity index (χ4v) is 3.79. The molecule has 0 saturated carbocycles. The fourth-order valence-electron chi connectivity index (χ4n) is 3.79. The Hall–Kier alpha value is -3.28. The highest BCUT2D eigenvalue weighted by Gasteiger charge is 2.21. The van der Waals surface area contributed by atoms with Crippen LogP contribution in [0.3, 0.4) is 0 Å². The molecule has 29 heavy (non-hydrogen) atoms. The summed E-state index contributed by atoms with van der Waals surface area (Å²) in [6.07, 6.45) is 0.783. The summed E-state index contributed by atoms with van der Waals surface area (Å²) in [7, 11) is 1.60. The molecule has 1 fully saturated rings. The number of carbonyl (C=O) groups excluding carboxylic acids is 1. The molecule has 3 aromatic rings. The molecule has 1 aromatic heterocycles. The van der Waals surface area contributed by atoms with Crippen LogP contribution in [0.1, 0.15) is 12.0 Å². The van der Waals surface area contributed by atoms with Gasteiger partial charge in [0.15, 0.2) is 0 Å². The number of hydrogen-bond donors (Lipinski definition) is 1. The summed E-state index contributed by atoms with van der Waals surface area (Å²) < 4.78 is 5.20. The molecule has 1 N–H and O–H groups in total. The third-order valence-electron chi connectivity index (χ3n) is 5.49. The van der Waals surface area contributed by atoms with Crippen molar-refractivity contribution < 1.29 is 9.53 Å². The van der Waals surface area contributed by atoms with Crippen LogP contribution >= 0.6 is 0 Å². The van der Waals surface area contributed by atoms with Crippen molar-refractivity contribution in [3.05, 3.63) is 70.5 Å². The quantitative estimate of drug-likeness (QED) is 0.726. The van der Waals surface area contributed by atoms with Gasteiger partial charge in [-0.05, 0) is 42.1 Å². The van der Waals surface area contributed by atoms with E-state index in [-0.39, 0.29) is 11.5 Å². The fraction of sp³-hybridized carbons (Fsp3) is 0.304. The van der Waals surface area contributed by atoms with E-state index in [0.717, 1.165) is 24.0 Å². The van der Waals surface area contributed by atoms with Crippen LogP contribution in [0, 0.1) is 0 Å². The summed E-state index contributed by atoms with van der Waals surface area (Å²) in [5.41, 5.74) is 2.42. The average Bonchev–Trinajstić information content (AvgIpc) is 2.77. The van der Waals surface area contributed by atoms with Gasteiger partial charge in [-0.2, -0.15) is 0 Å². The Morgan fingerprint density at radius 1 is 1.03 bits per heavy atom. The van der Waals surface area contributed by atoms with Gasteiger partial charge in [0.2, 0.25) is 5.91 Å². The topological polar surface area (TPSA) is 65.6 Å². The van der Waals surface area contributed by atoms with E-state index in [2.05, 4.69) is 22.0 Å². The second kappa shape index (κ2) is 8.39. The molecule has 0 spiro atoms. The zero-order chi connectivity index (χ0) is 20.2. The predicted octanol–water partition coefficient (Wildman–Crippen LogP) is 2.82. The van der Waals surface area contributed by atoms with E-state index in [0.29, 0.717) is 37.2 Å². The number of methoxy groups -OCH3 is 1. The van der Waals surface area contributed by atoms with Crippen molar-refractivity contribution in [3.63, 3.8) is 0 Å². The van der Waals surface area contributed by atoms with Crippen molar-refractivity contribution in [1.29, 1.82) is 0 Å². The minimum atomic E-state index is -0.146. The molecule has 150 valence electrons. The highest BCUT2D eigenvalue weighted by molar-refractivity contribution is 5.81. The standard InChI is InChI=1S/C23H25N3O3/c1-29-20-9-7-17-15-18(23(28)24-21(17)16-20)8-10-22(27)26-13-11-25(12-14-26)19-5-3-2-4-6-19/h2-7,9,15-16H,8,10-14H2,1H3,(H,24,28). The Balaban J connectivity index is 1.36. The normalized spacial score (nSPS) is 14.2. The molecular weight excluding hydrogens is 366 g/mol. The molecule has 6 heteroatoms. The highest BCUT2D eigenvalue weighted by atomic mass is 16.5. The van der Waals surface area contributed by atoms with Crippen LogP contribution in [0.25, 0.3) is 10.9 Å². The van der Waals surface area contributed by atoms with Crippen LogP contribution in [0.4, 0.5) is 5.69 Å². The Labute approximate surface area is 169 Å². The zero-order valence-electron chi connectivity index (χ0n) is 16.6. The lowest BCUT2D eigenvalue weighted by Gasteiger charge is -2.36. The van der Waals surface area contributed by atoms with Crippen molar-refractivity contribution >= 4 is 22.5 Å². The van der Waals surface area contributed by atoms with Gasteiger partial charge in [-0.1, -0.05) is 18.2 Å². The number of fused-ring (bicyclic) bond motifs is 1. The molecule has 0 radical (unpaired) electrons. The van der Waals surface area contributed by atoms with Gasteiger partial charge >= 0.3 is 0 Å². The molecule has 0 aliphatic carbocycles. The molecule has 0 atom stereocenters. The molecule has 6 nitrogen and oxygen atoms in total. The molecule has 1 aliphatic heterocycles. The van der Waals surface area contributed by atoms with Gasteiger partial charge < -0.3 is 19.5 Å². The van der Waals surface area contributed by atoms with Crippen LogP contribution in [0.2, 0.25) is 0 Å². The number of aromatic amines is 1. The van der Waals surface area contributed by atoms with E-state index in [9.17, 15) is 9.59 Å². The number of ether oxygens (including phenoxy) is 1. The van der Waals surface area contributed by atoms with E-state index in [1.165, 1.54) is 5.69 Å².